The maximum atomic E-state index is 11.6. The molecule has 1 rings (SSSR count). The fourth-order valence-electron chi connectivity index (χ4n) is 1.40. The lowest BCUT2D eigenvalue weighted by molar-refractivity contribution is -0.123. The van der Waals surface area contributed by atoms with Gasteiger partial charge in [-0.3, -0.25) is 4.79 Å². The zero-order chi connectivity index (χ0) is 12.7. The average molecular weight is 236 g/mol. The second kappa shape index (κ2) is 6.63. The molecule has 0 saturated carbocycles. The van der Waals surface area contributed by atoms with Gasteiger partial charge in [-0.05, 0) is 13.3 Å². The van der Waals surface area contributed by atoms with Gasteiger partial charge in [-0.2, -0.15) is 10.2 Å². The number of hydrogen-bond acceptors (Lipinski definition) is 5. The topological polar surface area (TPSA) is 91.8 Å². The summed E-state index contributed by atoms with van der Waals surface area (Å²) in [6.45, 7) is 4.08. The fourth-order valence-corrected chi connectivity index (χ4v) is 1.40. The van der Waals surface area contributed by atoms with E-state index < -0.39 is 5.92 Å². The minimum atomic E-state index is -0.565. The zero-order valence-corrected chi connectivity index (χ0v) is 10.1. The van der Waals surface area contributed by atoms with Crippen molar-refractivity contribution in [2.45, 2.75) is 33.1 Å². The molecule has 1 unspecified atom stereocenters. The zero-order valence-electron chi connectivity index (χ0n) is 10.1. The molecule has 1 aromatic heterocycles. The van der Waals surface area contributed by atoms with Gasteiger partial charge in [0.2, 0.25) is 11.8 Å². The molecule has 6 nitrogen and oxygen atoms in total. The van der Waals surface area contributed by atoms with Crippen LogP contribution in [0.1, 0.15) is 31.5 Å². The van der Waals surface area contributed by atoms with Crippen LogP contribution >= 0.6 is 0 Å². The van der Waals surface area contributed by atoms with Gasteiger partial charge < -0.3 is 9.84 Å². The Labute approximate surface area is 100 Å². The molecular formula is C11H16N4O2. The Morgan fingerprint density at radius 3 is 2.94 bits per heavy atom. The summed E-state index contributed by atoms with van der Waals surface area (Å²) in [5, 5.41) is 15.1. The van der Waals surface area contributed by atoms with Crippen LogP contribution in [-0.4, -0.2) is 22.6 Å². The van der Waals surface area contributed by atoms with Crippen molar-refractivity contribution in [1.82, 2.24) is 15.5 Å². The largest absolute Gasteiger partial charge is 0.354 e. The Morgan fingerprint density at radius 1 is 1.65 bits per heavy atom. The van der Waals surface area contributed by atoms with Crippen molar-refractivity contribution in [2.24, 2.45) is 5.92 Å². The SMILES string of the molecule is CCCC(C#N)C(=O)NCCc1nc(C)no1. The third-order valence-corrected chi connectivity index (χ3v) is 2.26. The Hall–Kier alpha value is -1.90. The van der Waals surface area contributed by atoms with E-state index in [1.54, 1.807) is 6.92 Å². The molecule has 0 spiro atoms. The first-order valence-corrected chi connectivity index (χ1v) is 5.64. The number of aromatic nitrogens is 2. The molecule has 1 aromatic rings. The molecule has 0 saturated heterocycles. The van der Waals surface area contributed by atoms with Crippen LogP contribution in [0.3, 0.4) is 0 Å². The lowest BCUT2D eigenvalue weighted by Crippen LogP contribution is -2.31. The van der Waals surface area contributed by atoms with Gasteiger partial charge in [0, 0.05) is 13.0 Å². The lowest BCUT2D eigenvalue weighted by atomic mass is 10.1. The van der Waals surface area contributed by atoms with E-state index in [-0.39, 0.29) is 5.91 Å². The van der Waals surface area contributed by atoms with Crippen molar-refractivity contribution in [3.63, 3.8) is 0 Å². The van der Waals surface area contributed by atoms with E-state index in [0.717, 1.165) is 6.42 Å². The van der Waals surface area contributed by atoms with Crippen molar-refractivity contribution in [3.05, 3.63) is 11.7 Å². The summed E-state index contributed by atoms with van der Waals surface area (Å²) >= 11 is 0. The van der Waals surface area contributed by atoms with Gasteiger partial charge in [-0.25, -0.2) is 0 Å². The highest BCUT2D eigenvalue weighted by molar-refractivity contribution is 5.80. The molecule has 92 valence electrons. The predicted octanol–water partition coefficient (Wildman–Crippen LogP) is 0.977. The summed E-state index contributed by atoms with van der Waals surface area (Å²) in [7, 11) is 0. The summed E-state index contributed by atoms with van der Waals surface area (Å²) in [5.74, 6) is 0.272. The molecule has 0 aliphatic rings. The molecule has 1 heterocycles. The number of nitrogens with one attached hydrogen (secondary N) is 1. The number of hydrogen-bond donors (Lipinski definition) is 1. The third-order valence-electron chi connectivity index (χ3n) is 2.26. The first kappa shape index (κ1) is 13.2. The van der Waals surface area contributed by atoms with Gasteiger partial charge in [0.1, 0.15) is 5.92 Å². The van der Waals surface area contributed by atoms with Gasteiger partial charge in [0.15, 0.2) is 5.82 Å². The number of rotatable bonds is 6. The van der Waals surface area contributed by atoms with Crippen molar-refractivity contribution in [2.75, 3.05) is 6.54 Å². The molecule has 17 heavy (non-hydrogen) atoms. The highest BCUT2D eigenvalue weighted by Crippen LogP contribution is 2.04. The molecular weight excluding hydrogens is 220 g/mol. The molecule has 1 N–H and O–H groups in total. The molecule has 0 fully saturated rings. The predicted molar refractivity (Wildman–Crippen MR) is 59.8 cm³/mol. The molecule has 1 amide bonds. The van der Waals surface area contributed by atoms with E-state index in [4.69, 9.17) is 9.78 Å². The minimum absolute atomic E-state index is 0.231. The molecule has 6 heteroatoms. The maximum Gasteiger partial charge on any atom is 0.237 e. The van der Waals surface area contributed by atoms with Crippen molar-refractivity contribution >= 4 is 5.91 Å². The number of carbonyl (C=O) groups excluding carboxylic acids is 1. The van der Waals surface area contributed by atoms with Crippen LogP contribution in [0.5, 0.6) is 0 Å². The van der Waals surface area contributed by atoms with Gasteiger partial charge in [-0.15, -0.1) is 0 Å². The van der Waals surface area contributed by atoms with Gasteiger partial charge in [0.25, 0.3) is 0 Å². The summed E-state index contributed by atoms with van der Waals surface area (Å²) in [6, 6.07) is 1.99. The van der Waals surface area contributed by atoms with Crippen LogP contribution in [0, 0.1) is 24.2 Å². The highest BCUT2D eigenvalue weighted by Gasteiger charge is 2.16. The van der Waals surface area contributed by atoms with Gasteiger partial charge in [0.05, 0.1) is 6.07 Å². The molecule has 0 aliphatic heterocycles. The Morgan fingerprint density at radius 2 is 2.41 bits per heavy atom. The van der Waals surface area contributed by atoms with E-state index in [2.05, 4.69) is 15.5 Å². The summed E-state index contributed by atoms with van der Waals surface area (Å²) in [5.41, 5.74) is 0. The van der Waals surface area contributed by atoms with Crippen LogP contribution in [0.4, 0.5) is 0 Å². The number of carbonyl (C=O) groups is 1. The van der Waals surface area contributed by atoms with Crippen LogP contribution < -0.4 is 5.32 Å². The second-order valence-corrected chi connectivity index (χ2v) is 3.75. The standard InChI is InChI=1S/C11H16N4O2/c1-3-4-9(7-12)11(16)13-6-5-10-14-8(2)15-17-10/h9H,3-6H2,1-2H3,(H,13,16). The summed E-state index contributed by atoms with van der Waals surface area (Å²) < 4.78 is 4.90. The van der Waals surface area contributed by atoms with Gasteiger partial charge in [-0.1, -0.05) is 18.5 Å². The first-order valence-electron chi connectivity index (χ1n) is 5.64. The number of aryl methyl sites for hydroxylation is 1. The molecule has 0 aliphatic carbocycles. The lowest BCUT2D eigenvalue weighted by Gasteiger charge is -2.07. The highest BCUT2D eigenvalue weighted by atomic mass is 16.5. The smallest absolute Gasteiger partial charge is 0.237 e. The Balaban J connectivity index is 2.31. The minimum Gasteiger partial charge on any atom is -0.354 e. The van der Waals surface area contributed by atoms with Crippen LogP contribution in [0.2, 0.25) is 0 Å². The van der Waals surface area contributed by atoms with E-state index in [9.17, 15) is 4.79 Å². The van der Waals surface area contributed by atoms with Crippen molar-refractivity contribution in [3.8, 4) is 6.07 Å². The first-order chi connectivity index (χ1) is 8.17. The average Bonchev–Trinajstić information content (AvgIpc) is 2.71. The second-order valence-electron chi connectivity index (χ2n) is 3.75. The Bertz CT molecular complexity index is 408. The third kappa shape index (κ3) is 4.23. The molecule has 0 radical (unpaired) electrons. The van der Waals surface area contributed by atoms with E-state index in [1.165, 1.54) is 0 Å². The van der Waals surface area contributed by atoms with Crippen LogP contribution in [0.15, 0.2) is 4.52 Å². The summed E-state index contributed by atoms with van der Waals surface area (Å²) in [6.07, 6.45) is 1.88. The monoisotopic (exact) mass is 236 g/mol. The quantitative estimate of drug-likeness (QED) is 0.794. The fraction of sp³-hybridized carbons (Fsp3) is 0.636. The normalized spacial score (nSPS) is 11.8. The van der Waals surface area contributed by atoms with Crippen LogP contribution in [0.25, 0.3) is 0 Å². The van der Waals surface area contributed by atoms with Crippen LogP contribution in [-0.2, 0) is 11.2 Å². The van der Waals surface area contributed by atoms with Gasteiger partial charge >= 0.3 is 0 Å². The molecule has 0 bridgehead atoms. The van der Waals surface area contributed by atoms with Crippen molar-refractivity contribution < 1.29 is 9.32 Å². The van der Waals surface area contributed by atoms with E-state index >= 15 is 0 Å². The number of nitriles is 1. The maximum absolute atomic E-state index is 11.6. The van der Waals surface area contributed by atoms with E-state index in [0.29, 0.717) is 31.1 Å². The number of amides is 1. The summed E-state index contributed by atoms with van der Waals surface area (Å²) in [4.78, 5) is 15.6. The molecule has 1 atom stereocenters. The Kier molecular flexibility index (Phi) is 5.14. The van der Waals surface area contributed by atoms with Crippen molar-refractivity contribution in [1.29, 1.82) is 5.26 Å². The molecule has 0 aromatic carbocycles. The van der Waals surface area contributed by atoms with E-state index in [1.807, 2.05) is 13.0 Å². The number of nitrogens with zero attached hydrogens (tertiary/aromatic N) is 3.